The van der Waals surface area contributed by atoms with Crippen LogP contribution in [0.2, 0.25) is 0 Å². The first-order chi connectivity index (χ1) is 10.2. The van der Waals surface area contributed by atoms with Crippen LogP contribution in [0.3, 0.4) is 0 Å². The van der Waals surface area contributed by atoms with Crippen molar-refractivity contribution in [3.8, 4) is 5.75 Å². The number of ether oxygens (including phenoxy) is 1. The molecule has 0 saturated heterocycles. The van der Waals surface area contributed by atoms with Crippen LogP contribution in [-0.4, -0.2) is 10.8 Å². The van der Waals surface area contributed by atoms with Crippen LogP contribution >= 0.6 is 0 Å². The highest BCUT2D eigenvalue weighted by Gasteiger charge is 2.03. The lowest BCUT2D eigenvalue weighted by atomic mass is 10.0. The average Bonchev–Trinajstić information content (AvgIpc) is 2.53. The summed E-state index contributed by atoms with van der Waals surface area (Å²) < 4.78 is 5.75. The molecule has 0 N–H and O–H groups in total. The molecule has 104 valence electrons. The van der Waals surface area contributed by atoms with Gasteiger partial charge in [-0.2, -0.15) is 0 Å². The zero-order chi connectivity index (χ0) is 14.7. The molecule has 0 unspecified atom stereocenters. The van der Waals surface area contributed by atoms with Crippen LogP contribution in [0.15, 0.2) is 60.8 Å². The largest absolute Gasteiger partial charge is 0.487 e. The maximum Gasteiger partial charge on any atom is 0.159 e. The van der Waals surface area contributed by atoms with E-state index in [1.807, 2.05) is 54.6 Å². The Morgan fingerprint density at radius 3 is 2.62 bits per heavy atom. The van der Waals surface area contributed by atoms with E-state index in [0.717, 1.165) is 27.8 Å². The summed E-state index contributed by atoms with van der Waals surface area (Å²) in [7, 11) is 0. The van der Waals surface area contributed by atoms with Gasteiger partial charge in [0.25, 0.3) is 0 Å². The monoisotopic (exact) mass is 277 g/mol. The van der Waals surface area contributed by atoms with Gasteiger partial charge < -0.3 is 4.74 Å². The Morgan fingerprint density at radius 1 is 1.05 bits per heavy atom. The number of carbonyl (C=O) groups is 1. The normalized spacial score (nSPS) is 10.5. The molecule has 1 heterocycles. The van der Waals surface area contributed by atoms with E-state index in [9.17, 15) is 4.79 Å². The molecule has 0 bridgehead atoms. The SMILES string of the molecule is CC(=O)c1ccc2cc(OCc3ccccn3)ccc2c1. The van der Waals surface area contributed by atoms with Gasteiger partial charge in [0, 0.05) is 11.8 Å². The summed E-state index contributed by atoms with van der Waals surface area (Å²) in [6, 6.07) is 17.3. The average molecular weight is 277 g/mol. The van der Waals surface area contributed by atoms with E-state index in [4.69, 9.17) is 4.74 Å². The van der Waals surface area contributed by atoms with Crippen LogP contribution in [0, 0.1) is 0 Å². The first-order valence-electron chi connectivity index (χ1n) is 6.80. The number of nitrogens with zero attached hydrogens (tertiary/aromatic N) is 1. The molecule has 3 aromatic rings. The Balaban J connectivity index is 1.81. The zero-order valence-corrected chi connectivity index (χ0v) is 11.7. The lowest BCUT2D eigenvalue weighted by Crippen LogP contribution is -1.97. The highest BCUT2D eigenvalue weighted by atomic mass is 16.5. The van der Waals surface area contributed by atoms with Crippen molar-refractivity contribution in [3.05, 3.63) is 72.1 Å². The fourth-order valence-corrected chi connectivity index (χ4v) is 2.17. The van der Waals surface area contributed by atoms with E-state index in [0.29, 0.717) is 6.61 Å². The van der Waals surface area contributed by atoms with E-state index in [-0.39, 0.29) is 5.78 Å². The molecule has 0 atom stereocenters. The molecule has 0 spiro atoms. The maximum absolute atomic E-state index is 11.4. The summed E-state index contributed by atoms with van der Waals surface area (Å²) in [6.45, 7) is 2.02. The highest BCUT2D eigenvalue weighted by Crippen LogP contribution is 2.22. The van der Waals surface area contributed by atoms with Gasteiger partial charge in [0.2, 0.25) is 0 Å². The van der Waals surface area contributed by atoms with E-state index in [1.165, 1.54) is 0 Å². The molecule has 0 fully saturated rings. The lowest BCUT2D eigenvalue weighted by molar-refractivity contribution is 0.101. The number of Topliss-reactive ketones (excluding diaryl/α,β-unsaturated/α-hetero) is 1. The Morgan fingerprint density at radius 2 is 1.86 bits per heavy atom. The molecule has 0 aliphatic heterocycles. The predicted molar refractivity (Wildman–Crippen MR) is 82.5 cm³/mol. The summed E-state index contributed by atoms with van der Waals surface area (Å²) in [6.07, 6.45) is 1.75. The quantitative estimate of drug-likeness (QED) is 0.676. The molecule has 2 aromatic carbocycles. The van der Waals surface area contributed by atoms with Crippen LogP contribution in [-0.2, 0) is 6.61 Å². The van der Waals surface area contributed by atoms with E-state index in [1.54, 1.807) is 13.1 Å². The van der Waals surface area contributed by atoms with Gasteiger partial charge in [0.15, 0.2) is 5.78 Å². The third kappa shape index (κ3) is 3.08. The van der Waals surface area contributed by atoms with Gasteiger partial charge in [-0.3, -0.25) is 9.78 Å². The van der Waals surface area contributed by atoms with Crippen LogP contribution in [0.1, 0.15) is 23.0 Å². The van der Waals surface area contributed by atoms with Gasteiger partial charge in [0.1, 0.15) is 12.4 Å². The fraction of sp³-hybridized carbons (Fsp3) is 0.111. The molecule has 1 aromatic heterocycles. The second kappa shape index (κ2) is 5.75. The summed E-state index contributed by atoms with van der Waals surface area (Å²) >= 11 is 0. The molecule has 3 rings (SSSR count). The topological polar surface area (TPSA) is 39.2 Å². The van der Waals surface area contributed by atoms with Crippen LogP contribution in [0.5, 0.6) is 5.75 Å². The first kappa shape index (κ1) is 13.3. The molecule has 0 aliphatic carbocycles. The van der Waals surface area contributed by atoms with Gasteiger partial charge in [0.05, 0.1) is 5.69 Å². The second-order valence-electron chi connectivity index (χ2n) is 4.89. The zero-order valence-electron chi connectivity index (χ0n) is 11.7. The van der Waals surface area contributed by atoms with E-state index >= 15 is 0 Å². The third-order valence-corrected chi connectivity index (χ3v) is 3.33. The molecule has 21 heavy (non-hydrogen) atoms. The Hall–Kier alpha value is -2.68. The number of hydrogen-bond acceptors (Lipinski definition) is 3. The third-order valence-electron chi connectivity index (χ3n) is 3.33. The van der Waals surface area contributed by atoms with Crippen molar-refractivity contribution in [3.63, 3.8) is 0 Å². The first-order valence-corrected chi connectivity index (χ1v) is 6.80. The van der Waals surface area contributed by atoms with Crippen molar-refractivity contribution in [2.75, 3.05) is 0 Å². The Kier molecular flexibility index (Phi) is 3.65. The number of hydrogen-bond donors (Lipinski definition) is 0. The smallest absolute Gasteiger partial charge is 0.159 e. The minimum absolute atomic E-state index is 0.0763. The van der Waals surface area contributed by atoms with Gasteiger partial charge in [-0.1, -0.05) is 24.3 Å². The molecule has 0 radical (unpaired) electrons. The standard InChI is InChI=1S/C18H15NO2/c1-13(20)14-5-6-16-11-18(8-7-15(16)10-14)21-12-17-4-2-3-9-19-17/h2-11H,12H2,1H3. The molecule has 3 nitrogen and oxygen atoms in total. The Labute approximate surface area is 123 Å². The van der Waals surface area contributed by atoms with Crippen LogP contribution in [0.4, 0.5) is 0 Å². The molecular weight excluding hydrogens is 262 g/mol. The maximum atomic E-state index is 11.4. The number of ketones is 1. The molecule has 0 saturated carbocycles. The van der Waals surface area contributed by atoms with Crippen molar-refractivity contribution in [1.29, 1.82) is 0 Å². The number of pyridine rings is 1. The van der Waals surface area contributed by atoms with E-state index in [2.05, 4.69) is 4.98 Å². The van der Waals surface area contributed by atoms with Crippen molar-refractivity contribution in [2.45, 2.75) is 13.5 Å². The van der Waals surface area contributed by atoms with Crippen molar-refractivity contribution in [2.24, 2.45) is 0 Å². The second-order valence-corrected chi connectivity index (χ2v) is 4.89. The van der Waals surface area contributed by atoms with E-state index < -0.39 is 0 Å². The van der Waals surface area contributed by atoms with Crippen molar-refractivity contribution in [1.82, 2.24) is 4.98 Å². The summed E-state index contributed by atoms with van der Waals surface area (Å²) in [4.78, 5) is 15.6. The predicted octanol–water partition coefficient (Wildman–Crippen LogP) is 4.02. The fourth-order valence-electron chi connectivity index (χ4n) is 2.17. The van der Waals surface area contributed by atoms with Crippen LogP contribution in [0.25, 0.3) is 10.8 Å². The molecular formula is C18H15NO2. The number of rotatable bonds is 4. The van der Waals surface area contributed by atoms with Gasteiger partial charge in [-0.15, -0.1) is 0 Å². The highest BCUT2D eigenvalue weighted by molar-refractivity contribution is 5.98. The molecule has 3 heteroatoms. The Bertz CT molecular complexity index is 782. The minimum atomic E-state index is 0.0763. The minimum Gasteiger partial charge on any atom is -0.487 e. The lowest BCUT2D eigenvalue weighted by Gasteiger charge is -2.07. The van der Waals surface area contributed by atoms with Crippen molar-refractivity contribution < 1.29 is 9.53 Å². The van der Waals surface area contributed by atoms with Gasteiger partial charge >= 0.3 is 0 Å². The van der Waals surface area contributed by atoms with Crippen LogP contribution < -0.4 is 4.74 Å². The number of fused-ring (bicyclic) bond motifs is 1. The molecule has 0 aliphatic rings. The van der Waals surface area contributed by atoms with Gasteiger partial charge in [-0.25, -0.2) is 0 Å². The number of carbonyl (C=O) groups excluding carboxylic acids is 1. The molecule has 0 amide bonds. The summed E-state index contributed by atoms with van der Waals surface area (Å²) in [5.41, 5.74) is 1.62. The van der Waals surface area contributed by atoms with Gasteiger partial charge in [-0.05, 0) is 48.0 Å². The van der Waals surface area contributed by atoms with Crippen molar-refractivity contribution >= 4 is 16.6 Å². The number of benzene rings is 2. The summed E-state index contributed by atoms with van der Waals surface area (Å²) in [5.74, 6) is 0.871. The number of aromatic nitrogens is 1. The summed E-state index contributed by atoms with van der Waals surface area (Å²) in [5, 5.41) is 2.09.